The molecule has 1 aromatic heterocycles. The van der Waals surface area contributed by atoms with Crippen LogP contribution in [0.1, 0.15) is 5.89 Å². The van der Waals surface area contributed by atoms with Crippen LogP contribution in [0.2, 0.25) is 0 Å². The van der Waals surface area contributed by atoms with E-state index in [0.717, 1.165) is 0 Å². The molecule has 0 saturated heterocycles. The molecule has 0 spiro atoms. The third kappa shape index (κ3) is 3.76. The summed E-state index contributed by atoms with van der Waals surface area (Å²) in [5.74, 6) is 0.505. The Kier molecular flexibility index (Phi) is 5.17. The van der Waals surface area contributed by atoms with Gasteiger partial charge in [-0.05, 0) is 0 Å². The van der Waals surface area contributed by atoms with Gasteiger partial charge in [0.15, 0.2) is 0 Å². The van der Waals surface area contributed by atoms with Crippen molar-refractivity contribution in [3.8, 4) is 0 Å². The Morgan fingerprint density at radius 2 is 2.31 bits per heavy atom. The molecule has 92 valence electrons. The average Bonchev–Trinajstić information content (AvgIpc) is 2.67. The van der Waals surface area contributed by atoms with Crippen molar-refractivity contribution in [3.63, 3.8) is 0 Å². The summed E-state index contributed by atoms with van der Waals surface area (Å²) in [4.78, 5) is 1.68. The molecule has 0 saturated carbocycles. The molecule has 3 N–H and O–H groups in total. The van der Waals surface area contributed by atoms with Crippen LogP contribution in [-0.2, 0) is 11.2 Å². The second-order valence-corrected chi connectivity index (χ2v) is 3.51. The van der Waals surface area contributed by atoms with Crippen molar-refractivity contribution in [2.45, 2.75) is 12.5 Å². The predicted molar refractivity (Wildman–Crippen MR) is 58.2 cm³/mol. The number of aromatic nitrogens is 2. The second-order valence-electron chi connectivity index (χ2n) is 3.51. The number of nitrogens with two attached hydrogens (primary N) is 1. The van der Waals surface area contributed by atoms with E-state index in [1.165, 1.54) is 7.11 Å². The van der Waals surface area contributed by atoms with Crippen molar-refractivity contribution >= 4 is 6.01 Å². The van der Waals surface area contributed by atoms with E-state index >= 15 is 0 Å². The Labute approximate surface area is 94.2 Å². The molecule has 7 nitrogen and oxygen atoms in total. The van der Waals surface area contributed by atoms with Gasteiger partial charge in [0.2, 0.25) is 5.89 Å². The lowest BCUT2D eigenvalue weighted by Gasteiger charge is -2.17. The van der Waals surface area contributed by atoms with Crippen molar-refractivity contribution in [3.05, 3.63) is 5.89 Å². The van der Waals surface area contributed by atoms with Crippen LogP contribution in [0.15, 0.2) is 4.42 Å². The summed E-state index contributed by atoms with van der Waals surface area (Å²) in [5, 5.41) is 17.2. The first-order valence-corrected chi connectivity index (χ1v) is 5.08. The van der Waals surface area contributed by atoms with Gasteiger partial charge in [-0.3, -0.25) is 0 Å². The molecule has 0 aliphatic heterocycles. The highest BCUT2D eigenvalue weighted by Crippen LogP contribution is 2.10. The molecule has 7 heteroatoms. The fraction of sp³-hybridized carbons (Fsp3) is 0.778. The standard InChI is InChI=1S/C9H18N4O3/c1-13(5-7(14)6-15-2)9-12-11-8(16-9)3-4-10/h7,14H,3-6,10H2,1-2H3. The Bertz CT molecular complexity index is 305. The molecule has 1 aromatic rings. The molecular formula is C9H18N4O3. The minimum atomic E-state index is -0.583. The van der Waals surface area contributed by atoms with Crippen molar-refractivity contribution in [1.82, 2.24) is 10.2 Å². The van der Waals surface area contributed by atoms with Crippen LogP contribution in [-0.4, -0.2) is 55.3 Å². The molecule has 16 heavy (non-hydrogen) atoms. The summed E-state index contributed by atoms with van der Waals surface area (Å²) < 4.78 is 10.2. The van der Waals surface area contributed by atoms with E-state index in [2.05, 4.69) is 10.2 Å². The fourth-order valence-electron chi connectivity index (χ4n) is 1.26. The van der Waals surface area contributed by atoms with E-state index < -0.39 is 6.10 Å². The van der Waals surface area contributed by atoms with E-state index in [9.17, 15) is 5.11 Å². The lowest BCUT2D eigenvalue weighted by atomic mass is 10.3. The van der Waals surface area contributed by atoms with Gasteiger partial charge in [-0.25, -0.2) is 0 Å². The zero-order chi connectivity index (χ0) is 12.0. The number of aliphatic hydroxyl groups is 1. The van der Waals surface area contributed by atoms with Crippen molar-refractivity contribution in [2.24, 2.45) is 5.73 Å². The number of rotatable bonds is 7. The number of ether oxygens (including phenoxy) is 1. The van der Waals surface area contributed by atoms with Crippen molar-refractivity contribution < 1.29 is 14.3 Å². The highest BCUT2D eigenvalue weighted by Gasteiger charge is 2.14. The third-order valence-electron chi connectivity index (χ3n) is 1.98. The number of likely N-dealkylation sites (N-methyl/N-ethyl adjacent to an activating group) is 1. The Morgan fingerprint density at radius 3 is 2.94 bits per heavy atom. The van der Waals surface area contributed by atoms with Crippen LogP contribution in [0.5, 0.6) is 0 Å². The Balaban J connectivity index is 2.48. The monoisotopic (exact) mass is 230 g/mol. The molecule has 0 aromatic carbocycles. The smallest absolute Gasteiger partial charge is 0.317 e. The molecule has 0 amide bonds. The van der Waals surface area contributed by atoms with Crippen LogP contribution in [0.3, 0.4) is 0 Å². The van der Waals surface area contributed by atoms with E-state index in [-0.39, 0.29) is 6.61 Å². The minimum Gasteiger partial charge on any atom is -0.408 e. The van der Waals surface area contributed by atoms with E-state index in [0.29, 0.717) is 31.4 Å². The van der Waals surface area contributed by atoms with Gasteiger partial charge < -0.3 is 24.9 Å². The Morgan fingerprint density at radius 1 is 1.56 bits per heavy atom. The second kappa shape index (κ2) is 6.41. The van der Waals surface area contributed by atoms with Crippen molar-refractivity contribution in [1.29, 1.82) is 0 Å². The first-order chi connectivity index (χ1) is 7.67. The maximum Gasteiger partial charge on any atom is 0.317 e. The summed E-state index contributed by atoms with van der Waals surface area (Å²) >= 11 is 0. The molecule has 0 aliphatic carbocycles. The number of anilines is 1. The maximum absolute atomic E-state index is 9.51. The number of aliphatic hydroxyl groups excluding tert-OH is 1. The normalized spacial score (nSPS) is 12.8. The molecule has 0 aliphatic rings. The SMILES string of the molecule is COCC(O)CN(C)c1nnc(CCN)o1. The molecule has 0 bridgehead atoms. The van der Waals surface area contributed by atoms with Gasteiger partial charge in [0.25, 0.3) is 0 Å². The first-order valence-electron chi connectivity index (χ1n) is 5.08. The number of hydrogen-bond donors (Lipinski definition) is 2. The zero-order valence-corrected chi connectivity index (χ0v) is 9.59. The minimum absolute atomic E-state index is 0.272. The van der Waals surface area contributed by atoms with Gasteiger partial charge in [-0.1, -0.05) is 5.10 Å². The molecule has 0 fully saturated rings. The summed E-state index contributed by atoms with van der Waals surface area (Å²) in [7, 11) is 3.30. The van der Waals surface area contributed by atoms with Gasteiger partial charge in [0.1, 0.15) is 0 Å². The molecule has 1 unspecified atom stereocenters. The van der Waals surface area contributed by atoms with Gasteiger partial charge in [0.05, 0.1) is 19.3 Å². The van der Waals surface area contributed by atoms with Gasteiger partial charge in [-0.15, -0.1) is 5.10 Å². The fourth-order valence-corrected chi connectivity index (χ4v) is 1.26. The lowest BCUT2D eigenvalue weighted by Crippen LogP contribution is -2.32. The van der Waals surface area contributed by atoms with Crippen LogP contribution >= 0.6 is 0 Å². The highest BCUT2D eigenvalue weighted by atomic mass is 16.5. The number of hydrogen-bond acceptors (Lipinski definition) is 7. The topological polar surface area (TPSA) is 97.6 Å². The maximum atomic E-state index is 9.51. The average molecular weight is 230 g/mol. The van der Waals surface area contributed by atoms with Crippen LogP contribution in [0, 0.1) is 0 Å². The van der Waals surface area contributed by atoms with Crippen molar-refractivity contribution in [2.75, 3.05) is 38.8 Å². The van der Waals surface area contributed by atoms with E-state index in [4.69, 9.17) is 14.9 Å². The molecular weight excluding hydrogens is 212 g/mol. The molecule has 1 rings (SSSR count). The van der Waals surface area contributed by atoms with E-state index in [1.807, 2.05) is 0 Å². The largest absolute Gasteiger partial charge is 0.408 e. The van der Waals surface area contributed by atoms with Crippen LogP contribution in [0.25, 0.3) is 0 Å². The lowest BCUT2D eigenvalue weighted by molar-refractivity contribution is 0.0689. The zero-order valence-electron chi connectivity index (χ0n) is 9.59. The van der Waals surface area contributed by atoms with Crippen LogP contribution in [0.4, 0.5) is 6.01 Å². The molecule has 1 atom stereocenters. The van der Waals surface area contributed by atoms with Gasteiger partial charge in [0, 0.05) is 27.1 Å². The van der Waals surface area contributed by atoms with Gasteiger partial charge >= 0.3 is 6.01 Å². The third-order valence-corrected chi connectivity index (χ3v) is 1.98. The van der Waals surface area contributed by atoms with E-state index in [1.54, 1.807) is 11.9 Å². The summed E-state index contributed by atoms with van der Waals surface area (Å²) in [6.07, 6.45) is -0.0265. The van der Waals surface area contributed by atoms with Crippen LogP contribution < -0.4 is 10.6 Å². The summed E-state index contributed by atoms with van der Waals surface area (Å²) in [6, 6.07) is 0.374. The predicted octanol–water partition coefficient (Wildman–Crippen LogP) is -0.986. The first kappa shape index (κ1) is 12.9. The quantitative estimate of drug-likeness (QED) is 0.621. The molecule has 0 radical (unpaired) electrons. The number of nitrogens with zero attached hydrogens (tertiary/aromatic N) is 3. The van der Waals surface area contributed by atoms with Gasteiger partial charge in [-0.2, -0.15) is 0 Å². The number of methoxy groups -OCH3 is 1. The molecule has 1 heterocycles. The Hall–Kier alpha value is -1.18. The summed E-state index contributed by atoms with van der Waals surface area (Å²) in [5.41, 5.74) is 5.37. The summed E-state index contributed by atoms with van der Waals surface area (Å²) in [6.45, 7) is 1.11. The highest BCUT2D eigenvalue weighted by molar-refractivity contribution is 5.22.